The second-order valence-electron chi connectivity index (χ2n) is 4.47. The van der Waals surface area contributed by atoms with Crippen LogP contribution in [0.25, 0.3) is 0 Å². The molecule has 0 heterocycles. The minimum Gasteiger partial charge on any atom is -0.303 e. The van der Waals surface area contributed by atoms with Crippen LogP contribution in [0.5, 0.6) is 0 Å². The molecule has 1 fully saturated rings. The second-order valence-corrected chi connectivity index (χ2v) is 4.47. The number of hydrogen-bond acceptors (Lipinski definition) is 1. The Morgan fingerprint density at radius 2 is 2.14 bits per heavy atom. The number of alkyl halides is 3. The molecular weight excluding hydrogens is 193 g/mol. The fourth-order valence-electron chi connectivity index (χ4n) is 2.41. The predicted octanol–water partition coefficient (Wildman–Crippen LogP) is 3.33. The van der Waals surface area contributed by atoms with Crippen molar-refractivity contribution in [2.45, 2.75) is 45.2 Å². The number of rotatable bonds is 2. The van der Waals surface area contributed by atoms with E-state index in [2.05, 4.69) is 0 Å². The third-order valence-corrected chi connectivity index (χ3v) is 2.93. The van der Waals surface area contributed by atoms with Crippen molar-refractivity contribution in [3.05, 3.63) is 0 Å². The minimum atomic E-state index is -4.22. The van der Waals surface area contributed by atoms with Crippen LogP contribution in [0.1, 0.15) is 39.0 Å². The van der Waals surface area contributed by atoms with E-state index in [4.69, 9.17) is 0 Å². The van der Waals surface area contributed by atoms with Crippen molar-refractivity contribution in [1.82, 2.24) is 0 Å². The van der Waals surface area contributed by atoms with Crippen molar-refractivity contribution < 1.29 is 18.0 Å². The molecule has 2 unspecified atom stereocenters. The predicted molar refractivity (Wildman–Crippen MR) is 46.8 cm³/mol. The Hall–Kier alpha value is -0.540. The van der Waals surface area contributed by atoms with Crippen LogP contribution >= 0.6 is 0 Å². The van der Waals surface area contributed by atoms with Gasteiger partial charge in [-0.15, -0.1) is 0 Å². The maximum atomic E-state index is 12.2. The van der Waals surface area contributed by atoms with Gasteiger partial charge in [0.1, 0.15) is 6.29 Å². The maximum Gasteiger partial charge on any atom is 0.390 e. The lowest BCUT2D eigenvalue weighted by Gasteiger charge is -2.35. The van der Waals surface area contributed by atoms with E-state index in [-0.39, 0.29) is 5.92 Å². The van der Waals surface area contributed by atoms with Crippen LogP contribution in [-0.4, -0.2) is 12.5 Å². The van der Waals surface area contributed by atoms with E-state index in [1.807, 2.05) is 6.92 Å². The Morgan fingerprint density at radius 3 is 2.57 bits per heavy atom. The Kier molecular flexibility index (Phi) is 3.22. The molecule has 82 valence electrons. The lowest BCUT2D eigenvalue weighted by Crippen LogP contribution is -2.34. The summed E-state index contributed by atoms with van der Waals surface area (Å²) in [7, 11) is 0. The maximum absolute atomic E-state index is 12.2. The van der Waals surface area contributed by atoms with Gasteiger partial charge in [-0.25, -0.2) is 0 Å². The molecule has 1 saturated carbocycles. The van der Waals surface area contributed by atoms with Crippen molar-refractivity contribution in [1.29, 1.82) is 0 Å². The standard InChI is InChI=1S/C10H15F3O/c1-8-3-2-4-9(5-8,7-14)6-10(11,12)13/h7-8H,2-6H2,1H3. The number of halogens is 3. The van der Waals surface area contributed by atoms with Crippen molar-refractivity contribution in [3.63, 3.8) is 0 Å². The zero-order valence-electron chi connectivity index (χ0n) is 8.23. The number of carbonyl (C=O) groups excluding carboxylic acids is 1. The van der Waals surface area contributed by atoms with E-state index in [0.29, 0.717) is 19.1 Å². The number of hydrogen-bond donors (Lipinski definition) is 0. The Bertz CT molecular complexity index is 212. The summed E-state index contributed by atoms with van der Waals surface area (Å²) < 4.78 is 36.7. The summed E-state index contributed by atoms with van der Waals surface area (Å²) in [4.78, 5) is 10.8. The van der Waals surface area contributed by atoms with Gasteiger partial charge in [-0.05, 0) is 18.8 Å². The molecule has 0 aromatic rings. The molecule has 0 aromatic carbocycles. The molecule has 0 N–H and O–H groups in total. The Morgan fingerprint density at radius 1 is 1.50 bits per heavy atom. The molecular formula is C10H15F3O. The van der Waals surface area contributed by atoms with Gasteiger partial charge in [-0.1, -0.05) is 19.8 Å². The van der Waals surface area contributed by atoms with Crippen molar-refractivity contribution >= 4 is 6.29 Å². The fourth-order valence-corrected chi connectivity index (χ4v) is 2.41. The van der Waals surface area contributed by atoms with Crippen LogP contribution in [-0.2, 0) is 4.79 Å². The Balaban J connectivity index is 2.70. The Labute approximate surface area is 81.7 Å². The SMILES string of the molecule is CC1CCCC(C=O)(CC(F)(F)F)C1. The zero-order chi connectivity index (χ0) is 10.8. The van der Waals surface area contributed by atoms with E-state index in [0.717, 1.165) is 12.8 Å². The van der Waals surface area contributed by atoms with E-state index >= 15 is 0 Å². The monoisotopic (exact) mass is 208 g/mol. The molecule has 1 aliphatic rings. The first-order chi connectivity index (χ1) is 6.37. The third kappa shape index (κ3) is 3.00. The molecule has 0 amide bonds. The summed E-state index contributed by atoms with van der Waals surface area (Å²) in [6.45, 7) is 1.91. The topological polar surface area (TPSA) is 17.1 Å². The van der Waals surface area contributed by atoms with Crippen LogP contribution in [0.2, 0.25) is 0 Å². The highest BCUT2D eigenvalue weighted by atomic mass is 19.4. The average molecular weight is 208 g/mol. The molecule has 0 spiro atoms. The molecule has 1 aliphatic carbocycles. The van der Waals surface area contributed by atoms with Crippen LogP contribution < -0.4 is 0 Å². The molecule has 4 heteroatoms. The molecule has 14 heavy (non-hydrogen) atoms. The molecule has 2 atom stereocenters. The second kappa shape index (κ2) is 3.91. The van der Waals surface area contributed by atoms with Crippen LogP contribution in [0, 0.1) is 11.3 Å². The van der Waals surface area contributed by atoms with E-state index in [1.54, 1.807) is 0 Å². The van der Waals surface area contributed by atoms with Crippen molar-refractivity contribution in [2.75, 3.05) is 0 Å². The first-order valence-corrected chi connectivity index (χ1v) is 4.90. The summed E-state index contributed by atoms with van der Waals surface area (Å²) >= 11 is 0. The highest BCUT2D eigenvalue weighted by Gasteiger charge is 2.44. The third-order valence-electron chi connectivity index (χ3n) is 2.93. The van der Waals surface area contributed by atoms with Crippen LogP contribution in [0.3, 0.4) is 0 Å². The molecule has 0 radical (unpaired) electrons. The number of carbonyl (C=O) groups is 1. The quantitative estimate of drug-likeness (QED) is 0.636. The van der Waals surface area contributed by atoms with Gasteiger partial charge in [0, 0.05) is 5.41 Å². The molecule has 0 bridgehead atoms. The van der Waals surface area contributed by atoms with Crippen LogP contribution in [0.4, 0.5) is 13.2 Å². The highest BCUT2D eigenvalue weighted by molar-refractivity contribution is 5.59. The smallest absolute Gasteiger partial charge is 0.303 e. The van der Waals surface area contributed by atoms with Gasteiger partial charge in [-0.3, -0.25) is 0 Å². The minimum absolute atomic E-state index is 0.233. The van der Waals surface area contributed by atoms with E-state index in [1.165, 1.54) is 0 Å². The van der Waals surface area contributed by atoms with Gasteiger partial charge >= 0.3 is 6.18 Å². The molecule has 0 saturated heterocycles. The highest BCUT2D eigenvalue weighted by Crippen LogP contribution is 2.44. The normalized spacial score (nSPS) is 34.1. The first-order valence-electron chi connectivity index (χ1n) is 4.90. The first kappa shape index (κ1) is 11.5. The summed E-state index contributed by atoms with van der Waals surface area (Å²) in [6.07, 6.45) is -2.21. The lowest BCUT2D eigenvalue weighted by molar-refractivity contribution is -0.167. The largest absolute Gasteiger partial charge is 0.390 e. The summed E-state index contributed by atoms with van der Waals surface area (Å²) in [6, 6.07) is 0. The van der Waals surface area contributed by atoms with Gasteiger partial charge in [0.05, 0.1) is 6.42 Å². The van der Waals surface area contributed by atoms with Crippen molar-refractivity contribution in [2.24, 2.45) is 11.3 Å². The van der Waals surface area contributed by atoms with Crippen LogP contribution in [0.15, 0.2) is 0 Å². The van der Waals surface area contributed by atoms with Gasteiger partial charge in [0.15, 0.2) is 0 Å². The van der Waals surface area contributed by atoms with Gasteiger partial charge in [-0.2, -0.15) is 13.2 Å². The van der Waals surface area contributed by atoms with E-state index < -0.39 is 18.0 Å². The van der Waals surface area contributed by atoms with E-state index in [9.17, 15) is 18.0 Å². The van der Waals surface area contributed by atoms with Gasteiger partial charge in [0.25, 0.3) is 0 Å². The average Bonchev–Trinajstić information content (AvgIpc) is 2.01. The number of aldehydes is 1. The summed E-state index contributed by atoms with van der Waals surface area (Å²) in [5, 5.41) is 0. The molecule has 0 aliphatic heterocycles. The van der Waals surface area contributed by atoms with Gasteiger partial charge < -0.3 is 4.79 Å². The van der Waals surface area contributed by atoms with Crippen molar-refractivity contribution in [3.8, 4) is 0 Å². The zero-order valence-corrected chi connectivity index (χ0v) is 8.23. The fraction of sp³-hybridized carbons (Fsp3) is 0.900. The molecule has 1 nitrogen and oxygen atoms in total. The summed E-state index contributed by atoms with van der Waals surface area (Å²) in [5.74, 6) is 0.233. The lowest BCUT2D eigenvalue weighted by atomic mass is 9.69. The molecule has 1 rings (SSSR count). The summed E-state index contributed by atoms with van der Waals surface area (Å²) in [5.41, 5.74) is -1.13. The molecule has 0 aromatic heterocycles. The van der Waals surface area contributed by atoms with Gasteiger partial charge in [0.2, 0.25) is 0 Å².